The van der Waals surface area contributed by atoms with Crippen molar-refractivity contribution < 1.29 is 0 Å². The van der Waals surface area contributed by atoms with Gasteiger partial charge in [-0.15, -0.1) is 0 Å². The molecule has 0 amide bonds. The highest BCUT2D eigenvalue weighted by molar-refractivity contribution is 5.82. The van der Waals surface area contributed by atoms with Gasteiger partial charge in [0.15, 0.2) is 0 Å². The van der Waals surface area contributed by atoms with Gasteiger partial charge in [-0.25, -0.2) is 4.98 Å². The number of nitrogens with zero attached hydrogens (tertiary/aromatic N) is 1. The molecule has 2 aromatic heterocycles. The fourth-order valence-electron chi connectivity index (χ4n) is 2.01. The number of H-pyrrole nitrogens is 1. The molecule has 3 nitrogen and oxygen atoms in total. The third-order valence-corrected chi connectivity index (χ3v) is 2.99. The first-order valence-electron chi connectivity index (χ1n) is 6.09. The van der Waals surface area contributed by atoms with Crippen LogP contribution < -0.4 is 5.32 Å². The number of aromatic amines is 1. The molecule has 0 saturated carbocycles. The number of para-hydroxylation sites is 1. The molecule has 1 aromatic carbocycles. The lowest BCUT2D eigenvalue weighted by Crippen LogP contribution is -1.91. The Bertz CT molecular complexity index is 775. The zero-order valence-electron chi connectivity index (χ0n) is 10.6. The van der Waals surface area contributed by atoms with E-state index in [0.717, 1.165) is 27.8 Å². The van der Waals surface area contributed by atoms with Crippen molar-refractivity contribution in [1.82, 2.24) is 9.97 Å². The first-order chi connectivity index (χ1) is 9.38. The number of anilines is 1. The van der Waals surface area contributed by atoms with Gasteiger partial charge in [-0.2, -0.15) is 0 Å². The predicted octanol–water partition coefficient (Wildman–Crippen LogP) is 3.00. The van der Waals surface area contributed by atoms with Crippen LogP contribution in [0, 0.1) is 11.8 Å². The van der Waals surface area contributed by atoms with Crippen molar-refractivity contribution in [2.75, 3.05) is 12.4 Å². The number of nitrogens with one attached hydrogen (secondary N) is 2. The zero-order valence-corrected chi connectivity index (χ0v) is 10.6. The van der Waals surface area contributed by atoms with Crippen LogP contribution in [0.2, 0.25) is 0 Å². The number of hydrogen-bond acceptors (Lipinski definition) is 2. The van der Waals surface area contributed by atoms with Crippen LogP contribution in [0.25, 0.3) is 11.0 Å². The van der Waals surface area contributed by atoms with Gasteiger partial charge in [-0.05, 0) is 24.3 Å². The molecule has 92 valence electrons. The lowest BCUT2D eigenvalue weighted by atomic mass is 10.1. The van der Waals surface area contributed by atoms with Gasteiger partial charge in [0, 0.05) is 41.6 Å². The van der Waals surface area contributed by atoms with Gasteiger partial charge in [0.1, 0.15) is 5.65 Å². The number of benzene rings is 1. The predicted molar refractivity (Wildman–Crippen MR) is 78.1 cm³/mol. The Kier molecular flexibility index (Phi) is 2.91. The monoisotopic (exact) mass is 247 g/mol. The molecule has 0 bridgehead atoms. The van der Waals surface area contributed by atoms with Crippen LogP contribution in [0.15, 0.2) is 48.8 Å². The highest BCUT2D eigenvalue weighted by Crippen LogP contribution is 2.15. The first kappa shape index (κ1) is 11.4. The summed E-state index contributed by atoms with van der Waals surface area (Å²) in [6, 6.07) is 11.9. The lowest BCUT2D eigenvalue weighted by molar-refractivity contribution is 1.32. The van der Waals surface area contributed by atoms with E-state index in [1.54, 1.807) is 6.20 Å². The SMILES string of the molecule is CNc1ccccc1C#Cc1ccnc2[nH]ccc12. The van der Waals surface area contributed by atoms with Gasteiger partial charge >= 0.3 is 0 Å². The van der Waals surface area contributed by atoms with E-state index < -0.39 is 0 Å². The molecule has 3 rings (SSSR count). The molecular weight excluding hydrogens is 234 g/mol. The number of fused-ring (bicyclic) bond motifs is 1. The summed E-state index contributed by atoms with van der Waals surface area (Å²) >= 11 is 0. The Morgan fingerprint density at radius 3 is 2.79 bits per heavy atom. The van der Waals surface area contributed by atoms with Crippen LogP contribution in [0.3, 0.4) is 0 Å². The van der Waals surface area contributed by atoms with Crippen molar-refractivity contribution in [3.05, 3.63) is 59.9 Å². The Hall–Kier alpha value is -2.73. The Balaban J connectivity index is 2.06. The molecule has 0 aliphatic carbocycles. The summed E-state index contributed by atoms with van der Waals surface area (Å²) in [6.07, 6.45) is 3.65. The molecule has 0 spiro atoms. The van der Waals surface area contributed by atoms with Crippen LogP contribution in [0.4, 0.5) is 5.69 Å². The van der Waals surface area contributed by atoms with E-state index in [4.69, 9.17) is 0 Å². The zero-order chi connectivity index (χ0) is 13.1. The van der Waals surface area contributed by atoms with E-state index in [9.17, 15) is 0 Å². The van der Waals surface area contributed by atoms with E-state index >= 15 is 0 Å². The summed E-state index contributed by atoms with van der Waals surface area (Å²) in [5, 5.41) is 4.20. The van der Waals surface area contributed by atoms with Gasteiger partial charge < -0.3 is 10.3 Å². The fourth-order valence-corrected chi connectivity index (χ4v) is 2.01. The molecule has 0 radical (unpaired) electrons. The maximum Gasteiger partial charge on any atom is 0.138 e. The van der Waals surface area contributed by atoms with Gasteiger partial charge in [0.25, 0.3) is 0 Å². The maximum atomic E-state index is 4.25. The fraction of sp³-hybridized carbons (Fsp3) is 0.0625. The molecule has 0 saturated heterocycles. The second-order valence-corrected chi connectivity index (χ2v) is 4.14. The van der Waals surface area contributed by atoms with Crippen molar-refractivity contribution in [1.29, 1.82) is 0 Å². The summed E-state index contributed by atoms with van der Waals surface area (Å²) in [6.45, 7) is 0. The van der Waals surface area contributed by atoms with Gasteiger partial charge in [0.05, 0.1) is 0 Å². The molecule has 3 aromatic rings. The summed E-state index contributed by atoms with van der Waals surface area (Å²) in [4.78, 5) is 7.34. The third kappa shape index (κ3) is 2.16. The molecule has 0 aliphatic heterocycles. The molecule has 0 aliphatic rings. The van der Waals surface area contributed by atoms with Crippen LogP contribution in [-0.4, -0.2) is 17.0 Å². The normalized spacial score (nSPS) is 9.95. The van der Waals surface area contributed by atoms with Crippen LogP contribution in [-0.2, 0) is 0 Å². The first-order valence-corrected chi connectivity index (χ1v) is 6.09. The van der Waals surface area contributed by atoms with Crippen molar-refractivity contribution in [2.24, 2.45) is 0 Å². The second kappa shape index (κ2) is 4.87. The Morgan fingerprint density at radius 1 is 1.05 bits per heavy atom. The minimum atomic E-state index is 0.869. The highest BCUT2D eigenvalue weighted by Gasteiger charge is 2.00. The topological polar surface area (TPSA) is 40.7 Å². The number of rotatable bonds is 1. The van der Waals surface area contributed by atoms with E-state index in [-0.39, 0.29) is 0 Å². The minimum Gasteiger partial charge on any atom is -0.387 e. The van der Waals surface area contributed by atoms with Crippen LogP contribution >= 0.6 is 0 Å². The molecule has 0 unspecified atom stereocenters. The summed E-state index contributed by atoms with van der Waals surface area (Å²) in [7, 11) is 1.90. The van der Waals surface area contributed by atoms with E-state index in [0.29, 0.717) is 0 Å². The van der Waals surface area contributed by atoms with Crippen molar-refractivity contribution in [3.63, 3.8) is 0 Å². The summed E-state index contributed by atoms with van der Waals surface area (Å²) < 4.78 is 0. The number of hydrogen-bond donors (Lipinski definition) is 2. The number of pyridine rings is 1. The second-order valence-electron chi connectivity index (χ2n) is 4.14. The highest BCUT2D eigenvalue weighted by atomic mass is 14.8. The molecule has 2 heterocycles. The van der Waals surface area contributed by atoms with Crippen LogP contribution in [0.1, 0.15) is 11.1 Å². The number of aromatic nitrogens is 2. The largest absolute Gasteiger partial charge is 0.387 e. The molecule has 0 atom stereocenters. The molecule has 3 heteroatoms. The Morgan fingerprint density at radius 2 is 1.89 bits per heavy atom. The maximum absolute atomic E-state index is 4.25. The molecule has 19 heavy (non-hydrogen) atoms. The summed E-state index contributed by atoms with van der Waals surface area (Å²) in [5.41, 5.74) is 3.88. The van der Waals surface area contributed by atoms with E-state index in [2.05, 4.69) is 27.1 Å². The minimum absolute atomic E-state index is 0.869. The standard InChI is InChI=1S/C16H13N3/c1-17-15-5-3-2-4-13(15)7-6-12-8-10-18-16-14(12)9-11-19-16/h2-5,8-11,17H,1H3,(H,18,19). The molecular formula is C16H13N3. The average Bonchev–Trinajstić information content (AvgIpc) is 2.94. The lowest BCUT2D eigenvalue weighted by Gasteiger charge is -2.01. The van der Waals surface area contributed by atoms with Crippen molar-refractivity contribution in [2.45, 2.75) is 0 Å². The van der Waals surface area contributed by atoms with Gasteiger partial charge in [-0.3, -0.25) is 0 Å². The van der Waals surface area contributed by atoms with Crippen molar-refractivity contribution in [3.8, 4) is 11.8 Å². The molecule has 0 fully saturated rings. The van der Waals surface area contributed by atoms with Gasteiger partial charge in [0.2, 0.25) is 0 Å². The van der Waals surface area contributed by atoms with E-state index in [1.807, 2.05) is 49.6 Å². The third-order valence-electron chi connectivity index (χ3n) is 2.99. The average molecular weight is 247 g/mol. The smallest absolute Gasteiger partial charge is 0.138 e. The van der Waals surface area contributed by atoms with E-state index in [1.165, 1.54) is 0 Å². The van der Waals surface area contributed by atoms with Gasteiger partial charge in [-0.1, -0.05) is 24.0 Å². The van der Waals surface area contributed by atoms with Crippen LogP contribution in [0.5, 0.6) is 0 Å². The summed E-state index contributed by atoms with van der Waals surface area (Å²) in [5.74, 6) is 6.42. The van der Waals surface area contributed by atoms with Crippen molar-refractivity contribution >= 4 is 16.7 Å². The quantitative estimate of drug-likeness (QED) is 0.649. The Labute approximate surface area is 111 Å². The molecule has 2 N–H and O–H groups in total.